The molecule has 0 unspecified atom stereocenters. The quantitative estimate of drug-likeness (QED) is 0.338. The first-order valence-electron chi connectivity index (χ1n) is 10.8. The van der Waals surface area contributed by atoms with Crippen molar-refractivity contribution in [1.29, 1.82) is 0 Å². The first-order valence-corrected chi connectivity index (χ1v) is 11.9. The molecule has 0 bridgehead atoms. The molecule has 0 aliphatic carbocycles. The number of rotatable bonds is 10. The van der Waals surface area contributed by atoms with Crippen LogP contribution in [0.1, 0.15) is 37.8 Å². The summed E-state index contributed by atoms with van der Waals surface area (Å²) in [5, 5.41) is 13.0. The van der Waals surface area contributed by atoms with Crippen molar-refractivity contribution in [2.75, 3.05) is 31.6 Å². The van der Waals surface area contributed by atoms with E-state index in [1.165, 1.54) is 0 Å². The van der Waals surface area contributed by atoms with Gasteiger partial charge in [-0.3, -0.25) is 9.69 Å². The average molecular weight is 518 g/mol. The normalized spacial score (nSPS) is 14.8. The summed E-state index contributed by atoms with van der Waals surface area (Å²) in [7, 11) is 0. The largest absolute Gasteiger partial charge is 0.492 e. The van der Waals surface area contributed by atoms with Gasteiger partial charge in [0.05, 0.1) is 19.6 Å². The number of aromatic nitrogens is 2. The number of likely N-dealkylation sites (tertiary alicyclic amines) is 1. The highest BCUT2D eigenvalue weighted by Gasteiger charge is 2.23. The zero-order chi connectivity index (χ0) is 24.0. The summed E-state index contributed by atoms with van der Waals surface area (Å²) >= 11 is 18.5. The molecule has 2 N–H and O–H groups in total. The highest BCUT2D eigenvalue weighted by Crippen LogP contribution is 2.36. The van der Waals surface area contributed by atoms with E-state index in [9.17, 15) is 9.90 Å². The van der Waals surface area contributed by atoms with Crippen molar-refractivity contribution in [2.45, 2.75) is 45.7 Å². The molecule has 3 rings (SSSR count). The molecule has 11 heteroatoms. The van der Waals surface area contributed by atoms with Gasteiger partial charge in [-0.1, -0.05) is 23.2 Å². The molecule has 2 aromatic rings. The lowest BCUT2D eigenvalue weighted by Gasteiger charge is -2.33. The maximum Gasteiger partial charge on any atom is 0.308 e. The number of aliphatic carboxylic acids is 1. The van der Waals surface area contributed by atoms with Crippen LogP contribution in [-0.4, -0.2) is 58.3 Å². The molecule has 0 atom stereocenters. The fraction of sp³-hybridized carbons (Fsp3) is 0.500. The van der Waals surface area contributed by atoms with Gasteiger partial charge in [0, 0.05) is 31.2 Å². The number of nitrogens with zero attached hydrogens (tertiary/aromatic N) is 3. The number of ether oxygens (including phenoxy) is 2. The van der Waals surface area contributed by atoms with Crippen LogP contribution in [0, 0.1) is 0 Å². The molecule has 1 aliphatic heterocycles. The van der Waals surface area contributed by atoms with Gasteiger partial charge < -0.3 is 19.9 Å². The van der Waals surface area contributed by atoms with Gasteiger partial charge in [-0.05, 0) is 56.0 Å². The lowest BCUT2D eigenvalue weighted by Crippen LogP contribution is -2.39. The van der Waals surface area contributed by atoms with Crippen LogP contribution < -0.4 is 14.8 Å². The number of hydrogen-bond donors (Lipinski definition) is 2. The van der Waals surface area contributed by atoms with E-state index in [2.05, 4.69) is 20.2 Å². The third-order valence-corrected chi connectivity index (χ3v) is 6.11. The van der Waals surface area contributed by atoms with Crippen LogP contribution in [0.25, 0.3) is 0 Å². The van der Waals surface area contributed by atoms with Gasteiger partial charge >= 0.3 is 5.97 Å². The van der Waals surface area contributed by atoms with Gasteiger partial charge in [0.1, 0.15) is 27.5 Å². The molecule has 33 heavy (non-hydrogen) atoms. The van der Waals surface area contributed by atoms with E-state index in [0.717, 1.165) is 38.0 Å². The molecule has 0 amide bonds. The summed E-state index contributed by atoms with van der Waals surface area (Å²) in [6, 6.07) is 4.03. The Hall–Kier alpha value is -2.00. The lowest BCUT2D eigenvalue weighted by atomic mass is 10.0. The number of nitrogens with one attached hydrogen (secondary N) is 1. The standard InChI is InChI=1S/C22H27Cl3N4O4/c1-3-32-16-9-13(10-17(19(16)23)33-4-2)12-29-7-5-14(6-8-29)26-21-15(11-18(30)31)20(24)27-22(25)28-21/h9-10,14H,3-8,11-12H2,1-2H3,(H,30,31)(H,26,27,28). The molecule has 1 saturated heterocycles. The lowest BCUT2D eigenvalue weighted by molar-refractivity contribution is -0.136. The van der Waals surface area contributed by atoms with Crippen LogP contribution in [0.5, 0.6) is 11.5 Å². The highest BCUT2D eigenvalue weighted by molar-refractivity contribution is 6.33. The van der Waals surface area contributed by atoms with Crippen LogP contribution in [-0.2, 0) is 17.8 Å². The molecule has 1 aromatic heterocycles. The van der Waals surface area contributed by atoms with Crippen LogP contribution >= 0.6 is 34.8 Å². The topological polar surface area (TPSA) is 96.8 Å². The van der Waals surface area contributed by atoms with E-state index >= 15 is 0 Å². The molecular formula is C22H27Cl3N4O4. The molecule has 1 fully saturated rings. The molecule has 8 nitrogen and oxygen atoms in total. The van der Waals surface area contributed by atoms with Gasteiger partial charge in [0.15, 0.2) is 0 Å². The number of anilines is 1. The average Bonchev–Trinajstić information content (AvgIpc) is 2.75. The zero-order valence-corrected chi connectivity index (χ0v) is 20.8. The van der Waals surface area contributed by atoms with Gasteiger partial charge in [-0.25, -0.2) is 9.97 Å². The van der Waals surface area contributed by atoms with E-state index in [1.54, 1.807) is 0 Å². The van der Waals surface area contributed by atoms with Gasteiger partial charge in [-0.2, -0.15) is 0 Å². The molecule has 0 spiro atoms. The molecule has 0 radical (unpaired) electrons. The van der Waals surface area contributed by atoms with Crippen LogP contribution in [0.3, 0.4) is 0 Å². The monoisotopic (exact) mass is 516 g/mol. The van der Waals surface area contributed by atoms with Crippen molar-refractivity contribution in [1.82, 2.24) is 14.9 Å². The van der Waals surface area contributed by atoms with Crippen molar-refractivity contribution in [3.05, 3.63) is 38.7 Å². The fourth-order valence-electron chi connectivity index (χ4n) is 3.78. The predicted octanol–water partition coefficient (Wildman–Crippen LogP) is 4.94. The van der Waals surface area contributed by atoms with Crippen LogP contribution in [0.4, 0.5) is 5.82 Å². The SMILES string of the molecule is CCOc1cc(CN2CCC(Nc3nc(Cl)nc(Cl)c3CC(=O)O)CC2)cc(OCC)c1Cl. The number of carboxylic acid groups (broad SMARTS) is 1. The Morgan fingerprint density at radius 3 is 2.27 bits per heavy atom. The Kier molecular flexibility index (Phi) is 9.26. The number of halogens is 3. The van der Waals surface area contributed by atoms with Crippen molar-refractivity contribution in [3.8, 4) is 11.5 Å². The first-order chi connectivity index (χ1) is 15.8. The minimum Gasteiger partial charge on any atom is -0.492 e. The smallest absolute Gasteiger partial charge is 0.308 e. The zero-order valence-electron chi connectivity index (χ0n) is 18.5. The van der Waals surface area contributed by atoms with Crippen molar-refractivity contribution >= 4 is 46.6 Å². The predicted molar refractivity (Wildman–Crippen MR) is 129 cm³/mol. The molecule has 1 aromatic carbocycles. The van der Waals surface area contributed by atoms with E-state index < -0.39 is 5.97 Å². The summed E-state index contributed by atoms with van der Waals surface area (Å²) in [6.07, 6.45) is 1.41. The fourth-order valence-corrected chi connectivity index (χ4v) is 4.45. The van der Waals surface area contributed by atoms with Crippen molar-refractivity contribution in [3.63, 3.8) is 0 Å². The Balaban J connectivity index is 1.65. The number of hydrogen-bond acceptors (Lipinski definition) is 7. The van der Waals surface area contributed by atoms with Gasteiger partial charge in [-0.15, -0.1) is 0 Å². The molecule has 180 valence electrons. The maximum absolute atomic E-state index is 11.2. The Morgan fingerprint density at radius 1 is 1.12 bits per heavy atom. The summed E-state index contributed by atoms with van der Waals surface area (Å²) in [4.78, 5) is 21.6. The van der Waals surface area contributed by atoms with Gasteiger partial charge in [0.2, 0.25) is 5.28 Å². The third kappa shape index (κ3) is 6.99. The van der Waals surface area contributed by atoms with Crippen LogP contribution in [0.2, 0.25) is 15.5 Å². The third-order valence-electron chi connectivity index (χ3n) is 5.26. The van der Waals surface area contributed by atoms with Crippen molar-refractivity contribution in [2.24, 2.45) is 0 Å². The Bertz CT molecular complexity index is 957. The minimum atomic E-state index is -1.01. The second-order valence-electron chi connectivity index (χ2n) is 7.65. The first kappa shape index (κ1) is 25.6. The summed E-state index contributed by atoms with van der Waals surface area (Å²) < 4.78 is 11.4. The number of benzene rings is 1. The summed E-state index contributed by atoms with van der Waals surface area (Å²) in [5.41, 5.74) is 1.40. The van der Waals surface area contributed by atoms with Crippen LogP contribution in [0.15, 0.2) is 12.1 Å². The number of carboxylic acids is 1. The minimum absolute atomic E-state index is 0.0213. The number of piperidine rings is 1. The van der Waals surface area contributed by atoms with Gasteiger partial charge in [0.25, 0.3) is 0 Å². The summed E-state index contributed by atoms with van der Waals surface area (Å²) in [6.45, 7) is 7.30. The maximum atomic E-state index is 11.2. The Morgan fingerprint density at radius 2 is 1.73 bits per heavy atom. The second-order valence-corrected chi connectivity index (χ2v) is 8.72. The second kappa shape index (κ2) is 11.9. The van der Waals surface area contributed by atoms with E-state index in [-0.39, 0.29) is 22.9 Å². The van der Waals surface area contributed by atoms with Crippen molar-refractivity contribution < 1.29 is 19.4 Å². The summed E-state index contributed by atoms with van der Waals surface area (Å²) in [5.74, 6) is 0.614. The van der Waals surface area contributed by atoms with E-state index in [0.29, 0.717) is 41.1 Å². The van der Waals surface area contributed by atoms with E-state index in [1.807, 2.05) is 26.0 Å². The molecule has 2 heterocycles. The molecular weight excluding hydrogens is 491 g/mol. The highest BCUT2D eigenvalue weighted by atomic mass is 35.5. The molecule has 1 aliphatic rings. The molecule has 0 saturated carbocycles. The number of carbonyl (C=O) groups is 1. The Labute approximate surface area is 208 Å². The van der Waals surface area contributed by atoms with E-state index in [4.69, 9.17) is 44.3 Å².